The van der Waals surface area contributed by atoms with Gasteiger partial charge in [-0.2, -0.15) is 10.5 Å². The first-order valence-electron chi connectivity index (χ1n) is 8.83. The predicted octanol–water partition coefficient (Wildman–Crippen LogP) is 0.518. The van der Waals surface area contributed by atoms with Crippen molar-refractivity contribution in [3.63, 3.8) is 0 Å². The molecule has 1 aliphatic carbocycles. The van der Waals surface area contributed by atoms with E-state index in [0.717, 1.165) is 18.4 Å². The quantitative estimate of drug-likeness (QED) is 0.707. The Bertz CT molecular complexity index is 759. The van der Waals surface area contributed by atoms with Crippen LogP contribution in [0, 0.1) is 0 Å². The number of nitrogens with one attached hydrogen (secondary N) is 3. The van der Waals surface area contributed by atoms with Gasteiger partial charge in [-0.25, -0.2) is 19.4 Å². The van der Waals surface area contributed by atoms with Crippen LogP contribution >= 0.6 is 0 Å². The molecule has 0 bridgehead atoms. The van der Waals surface area contributed by atoms with Crippen molar-refractivity contribution in [1.82, 2.24) is 25.9 Å². The van der Waals surface area contributed by atoms with Gasteiger partial charge in [-0.1, -0.05) is 0 Å². The van der Waals surface area contributed by atoms with E-state index in [9.17, 15) is 4.39 Å². The third-order valence-corrected chi connectivity index (χ3v) is 4.70. The molecule has 3 atom stereocenters. The summed E-state index contributed by atoms with van der Waals surface area (Å²) in [5.74, 6) is 1.26. The summed E-state index contributed by atoms with van der Waals surface area (Å²) in [5, 5.41) is 11.7. The van der Waals surface area contributed by atoms with Crippen molar-refractivity contribution < 1.29 is 13.9 Å². The van der Waals surface area contributed by atoms with Crippen LogP contribution in [0.2, 0.25) is 0 Å². The predicted molar refractivity (Wildman–Crippen MR) is 91.6 cm³/mol. The van der Waals surface area contributed by atoms with Crippen LogP contribution in [0.5, 0.6) is 0 Å². The summed E-state index contributed by atoms with van der Waals surface area (Å²) in [6.45, 7) is 0.667. The van der Waals surface area contributed by atoms with E-state index in [2.05, 4.69) is 30.9 Å². The number of aliphatic imine (C=N–C) groups is 2. The minimum Gasteiger partial charge on any atom is -0.484 e. The molecule has 0 amide bonds. The molecule has 4 heterocycles. The van der Waals surface area contributed by atoms with E-state index in [1.165, 1.54) is 0 Å². The van der Waals surface area contributed by atoms with E-state index in [-0.39, 0.29) is 18.8 Å². The number of aromatic nitrogens is 2. The summed E-state index contributed by atoms with van der Waals surface area (Å²) in [6.07, 6.45) is 6.50. The molecule has 5 rings (SSSR count). The van der Waals surface area contributed by atoms with E-state index >= 15 is 0 Å². The zero-order valence-electron chi connectivity index (χ0n) is 14.1. The van der Waals surface area contributed by atoms with Gasteiger partial charge in [0.05, 0.1) is 18.9 Å². The number of rotatable bonds is 5. The van der Waals surface area contributed by atoms with Crippen molar-refractivity contribution in [2.45, 2.75) is 43.9 Å². The monoisotopic (exact) mass is 361 g/mol. The molecule has 138 valence electrons. The second kappa shape index (κ2) is 6.45. The Morgan fingerprint density at radius 3 is 3.04 bits per heavy atom. The lowest BCUT2D eigenvalue weighted by atomic mass is 10.1. The Balaban J connectivity index is 1.41. The third kappa shape index (κ3) is 3.00. The van der Waals surface area contributed by atoms with Crippen LogP contribution in [0.3, 0.4) is 0 Å². The van der Waals surface area contributed by atoms with Gasteiger partial charge < -0.3 is 9.47 Å². The van der Waals surface area contributed by atoms with Gasteiger partial charge in [-0.3, -0.25) is 10.4 Å². The minimum absolute atomic E-state index is 0.118. The first kappa shape index (κ1) is 15.9. The largest absolute Gasteiger partial charge is 0.484 e. The molecule has 10 heteroatoms. The summed E-state index contributed by atoms with van der Waals surface area (Å²) in [7, 11) is 0. The number of aromatic amines is 1. The van der Waals surface area contributed by atoms with Crippen molar-refractivity contribution in [3.8, 4) is 0 Å². The molecule has 1 saturated carbocycles. The number of nitrogens with zero attached hydrogens (tertiary/aromatic N) is 4. The van der Waals surface area contributed by atoms with Crippen LogP contribution < -0.4 is 10.7 Å². The van der Waals surface area contributed by atoms with Crippen molar-refractivity contribution >= 4 is 17.9 Å². The van der Waals surface area contributed by atoms with Crippen molar-refractivity contribution in [2.24, 2.45) is 9.98 Å². The fourth-order valence-corrected chi connectivity index (χ4v) is 3.16. The third-order valence-electron chi connectivity index (χ3n) is 4.70. The molecule has 2 fully saturated rings. The number of hydrogen-bond donors (Lipinski definition) is 3. The highest BCUT2D eigenvalue weighted by Gasteiger charge is 2.38. The van der Waals surface area contributed by atoms with E-state index in [4.69, 9.17) is 9.47 Å². The maximum Gasteiger partial charge on any atom is 0.192 e. The van der Waals surface area contributed by atoms with Crippen LogP contribution in [0.25, 0.3) is 5.70 Å². The van der Waals surface area contributed by atoms with Gasteiger partial charge in [0, 0.05) is 24.4 Å². The van der Waals surface area contributed by atoms with E-state index in [0.29, 0.717) is 30.3 Å². The fourth-order valence-electron chi connectivity index (χ4n) is 3.16. The molecule has 0 aromatic carbocycles. The molecule has 0 spiro atoms. The number of fused-ring (bicyclic) bond motifs is 1. The van der Waals surface area contributed by atoms with Gasteiger partial charge in [-0.15, -0.1) is 0 Å². The van der Waals surface area contributed by atoms with Gasteiger partial charge >= 0.3 is 0 Å². The molecule has 4 aliphatic rings. The Kier molecular flexibility index (Phi) is 3.95. The smallest absolute Gasteiger partial charge is 0.192 e. The lowest BCUT2D eigenvalue weighted by molar-refractivity contribution is 0.00950. The van der Waals surface area contributed by atoms with Gasteiger partial charge in [0.2, 0.25) is 0 Å². The lowest BCUT2D eigenvalue weighted by Gasteiger charge is -2.29. The standard InChI is InChI=1S/C16H20FN7O2/c17-11-7-25-4-3-12(11)21-16-22-15-14(26-10-1-2-10)13(9-5-19-20-6-9)18-8-24(15)23-16/h5-6,8,10-12,16,21,23H,1-4,7H2,(H,19,20). The molecule has 26 heavy (non-hydrogen) atoms. The van der Waals surface area contributed by atoms with Gasteiger partial charge in [0.25, 0.3) is 0 Å². The maximum atomic E-state index is 14.0. The molecule has 1 aromatic heterocycles. The Morgan fingerprint density at radius 1 is 1.35 bits per heavy atom. The molecule has 3 aliphatic heterocycles. The second-order valence-electron chi connectivity index (χ2n) is 6.73. The van der Waals surface area contributed by atoms with E-state index in [1.54, 1.807) is 23.7 Å². The highest BCUT2D eigenvalue weighted by Crippen LogP contribution is 2.33. The van der Waals surface area contributed by atoms with Crippen molar-refractivity contribution in [2.75, 3.05) is 13.2 Å². The number of alkyl halides is 1. The van der Waals surface area contributed by atoms with Gasteiger partial charge in [-0.05, 0) is 19.3 Å². The molecule has 3 unspecified atom stereocenters. The zero-order chi connectivity index (χ0) is 17.5. The fraction of sp³-hybridized carbons (Fsp3) is 0.562. The summed E-state index contributed by atoms with van der Waals surface area (Å²) in [4.78, 5) is 9.17. The average Bonchev–Trinajstić information content (AvgIpc) is 3.13. The van der Waals surface area contributed by atoms with Crippen LogP contribution in [0.15, 0.2) is 28.1 Å². The second-order valence-corrected chi connectivity index (χ2v) is 6.73. The van der Waals surface area contributed by atoms with Gasteiger partial charge in [0.1, 0.15) is 18.2 Å². The molecule has 9 nitrogen and oxygen atoms in total. The van der Waals surface area contributed by atoms with Crippen LogP contribution in [-0.4, -0.2) is 65.2 Å². The van der Waals surface area contributed by atoms with Crippen LogP contribution in [0.4, 0.5) is 4.39 Å². The summed E-state index contributed by atoms with van der Waals surface area (Å²) >= 11 is 0. The topological polar surface area (TPSA) is 99.2 Å². The number of halogens is 1. The van der Waals surface area contributed by atoms with Crippen molar-refractivity contribution in [3.05, 3.63) is 23.7 Å². The van der Waals surface area contributed by atoms with E-state index in [1.807, 2.05) is 0 Å². The Labute approximate surface area is 149 Å². The lowest BCUT2D eigenvalue weighted by Crippen LogP contribution is -2.54. The highest BCUT2D eigenvalue weighted by molar-refractivity contribution is 6.11. The SMILES string of the molecule is FC1COCCC1NC1N=C2C(OC3CC3)=C(c3cn[nH]c3)N=CN2N1. The van der Waals surface area contributed by atoms with Crippen LogP contribution in [0.1, 0.15) is 24.8 Å². The Morgan fingerprint density at radius 2 is 2.27 bits per heavy atom. The van der Waals surface area contributed by atoms with Crippen molar-refractivity contribution in [1.29, 1.82) is 0 Å². The first-order valence-corrected chi connectivity index (χ1v) is 8.83. The number of ether oxygens (including phenoxy) is 2. The first-order chi connectivity index (χ1) is 12.8. The summed E-state index contributed by atoms with van der Waals surface area (Å²) in [6, 6.07) is -0.297. The highest BCUT2D eigenvalue weighted by atomic mass is 19.1. The maximum absolute atomic E-state index is 14.0. The Hall–Kier alpha value is -2.30. The van der Waals surface area contributed by atoms with Gasteiger partial charge in [0.15, 0.2) is 17.9 Å². The zero-order valence-corrected chi connectivity index (χ0v) is 14.1. The van der Waals surface area contributed by atoms with E-state index < -0.39 is 12.5 Å². The summed E-state index contributed by atoms with van der Waals surface area (Å²) < 4.78 is 25.3. The minimum atomic E-state index is -1.05. The molecule has 1 saturated heterocycles. The van der Waals surface area contributed by atoms with Crippen LogP contribution in [-0.2, 0) is 9.47 Å². The average molecular weight is 361 g/mol. The molecule has 1 aromatic rings. The molecular formula is C16H20FN7O2. The number of hydrazine groups is 1. The number of H-pyrrole nitrogens is 1. The molecule has 3 N–H and O–H groups in total. The summed E-state index contributed by atoms with van der Waals surface area (Å²) in [5.41, 5.74) is 4.70. The number of hydrogen-bond acceptors (Lipinski definition) is 8. The molecular weight excluding hydrogens is 341 g/mol. The number of amidine groups is 1. The molecule has 0 radical (unpaired) electrons. The normalized spacial score (nSPS) is 31.2.